The fourth-order valence-electron chi connectivity index (χ4n) is 1.63. The van der Waals surface area contributed by atoms with Crippen molar-refractivity contribution in [2.45, 2.75) is 19.8 Å². The van der Waals surface area contributed by atoms with Crippen molar-refractivity contribution >= 4 is 27.8 Å². The molecule has 1 heterocycles. The Morgan fingerprint density at radius 3 is 2.80 bits per heavy atom. The number of anilines is 2. The Bertz CT molecular complexity index is 382. The molecule has 1 aromatic heterocycles. The van der Waals surface area contributed by atoms with E-state index in [1.807, 2.05) is 6.07 Å². The number of nitrogen functional groups attached to an aromatic ring is 1. The number of hydrogen-bond acceptors (Lipinski definition) is 4. The first-order valence-electron chi connectivity index (χ1n) is 5.19. The van der Waals surface area contributed by atoms with Gasteiger partial charge in [0.2, 0.25) is 0 Å². The van der Waals surface area contributed by atoms with Gasteiger partial charge in [-0.2, -0.15) is 0 Å². The SMILES string of the molecule is CC(=O)c1sc(N(C)CC2CC2)cc1N. The molecule has 3 nitrogen and oxygen atoms in total. The summed E-state index contributed by atoms with van der Waals surface area (Å²) in [5, 5.41) is 1.10. The second kappa shape index (κ2) is 3.85. The summed E-state index contributed by atoms with van der Waals surface area (Å²) in [7, 11) is 2.06. The zero-order valence-electron chi connectivity index (χ0n) is 9.12. The van der Waals surface area contributed by atoms with Gasteiger partial charge in [-0.15, -0.1) is 11.3 Å². The van der Waals surface area contributed by atoms with Gasteiger partial charge in [-0.3, -0.25) is 4.79 Å². The maximum absolute atomic E-state index is 11.2. The van der Waals surface area contributed by atoms with Crippen molar-refractivity contribution in [2.24, 2.45) is 5.92 Å². The van der Waals surface area contributed by atoms with Crippen molar-refractivity contribution in [2.75, 3.05) is 24.2 Å². The zero-order valence-corrected chi connectivity index (χ0v) is 9.93. The van der Waals surface area contributed by atoms with Crippen molar-refractivity contribution in [1.29, 1.82) is 0 Å². The molecule has 2 N–H and O–H groups in total. The Morgan fingerprint density at radius 1 is 1.67 bits per heavy atom. The van der Waals surface area contributed by atoms with Crippen LogP contribution in [0.1, 0.15) is 29.4 Å². The van der Waals surface area contributed by atoms with Gasteiger partial charge in [-0.05, 0) is 24.8 Å². The van der Waals surface area contributed by atoms with Crippen LogP contribution < -0.4 is 10.6 Å². The number of carbonyl (C=O) groups is 1. The third kappa shape index (κ3) is 2.31. The number of ketones is 1. The molecule has 1 aliphatic carbocycles. The van der Waals surface area contributed by atoms with Gasteiger partial charge in [0.15, 0.2) is 5.78 Å². The van der Waals surface area contributed by atoms with Gasteiger partial charge in [0, 0.05) is 20.5 Å². The number of rotatable bonds is 4. The normalized spacial score (nSPS) is 15.3. The van der Waals surface area contributed by atoms with Gasteiger partial charge in [0.05, 0.1) is 15.6 Å². The topological polar surface area (TPSA) is 46.3 Å². The summed E-state index contributed by atoms with van der Waals surface area (Å²) in [4.78, 5) is 14.1. The molecule has 0 amide bonds. The molecule has 0 radical (unpaired) electrons. The minimum Gasteiger partial charge on any atom is -0.397 e. The highest BCUT2D eigenvalue weighted by atomic mass is 32.1. The summed E-state index contributed by atoms with van der Waals surface area (Å²) in [6.45, 7) is 2.64. The van der Waals surface area contributed by atoms with Crippen molar-refractivity contribution in [3.8, 4) is 0 Å². The molecule has 0 aromatic carbocycles. The second-order valence-corrected chi connectivity index (χ2v) is 5.28. The van der Waals surface area contributed by atoms with Crippen molar-refractivity contribution < 1.29 is 4.79 Å². The number of thiophene rings is 1. The van der Waals surface area contributed by atoms with E-state index in [9.17, 15) is 4.79 Å². The quantitative estimate of drug-likeness (QED) is 0.799. The first-order valence-corrected chi connectivity index (χ1v) is 6.01. The molecule has 0 atom stereocenters. The van der Waals surface area contributed by atoms with Crippen molar-refractivity contribution in [3.63, 3.8) is 0 Å². The number of nitrogens with zero attached hydrogens (tertiary/aromatic N) is 1. The Balaban J connectivity index is 2.13. The predicted octanol–water partition coefficient (Wildman–Crippen LogP) is 2.38. The van der Waals surface area contributed by atoms with Crippen LogP contribution in [0.15, 0.2) is 6.07 Å². The summed E-state index contributed by atoms with van der Waals surface area (Å²) < 4.78 is 0. The van der Waals surface area contributed by atoms with Crippen LogP contribution in [0.2, 0.25) is 0 Å². The Hall–Kier alpha value is -1.03. The second-order valence-electron chi connectivity index (χ2n) is 4.25. The molecule has 4 heteroatoms. The molecular weight excluding hydrogens is 208 g/mol. The van der Waals surface area contributed by atoms with E-state index in [1.165, 1.54) is 24.2 Å². The van der Waals surface area contributed by atoms with Crippen molar-refractivity contribution in [3.05, 3.63) is 10.9 Å². The standard InChI is InChI=1S/C11H16N2OS/c1-7(14)11-9(12)5-10(15-11)13(2)6-8-3-4-8/h5,8H,3-4,6,12H2,1-2H3. The largest absolute Gasteiger partial charge is 0.397 e. The molecule has 1 aliphatic rings. The minimum atomic E-state index is 0.0589. The van der Waals surface area contributed by atoms with E-state index >= 15 is 0 Å². The molecule has 1 aromatic rings. The van der Waals surface area contributed by atoms with E-state index in [1.54, 1.807) is 6.92 Å². The Kier molecular flexibility index (Phi) is 2.69. The number of carbonyl (C=O) groups excluding carboxylic acids is 1. The molecule has 0 spiro atoms. The summed E-state index contributed by atoms with van der Waals surface area (Å²) in [6, 6.07) is 1.91. The zero-order chi connectivity index (χ0) is 11.0. The molecule has 82 valence electrons. The summed E-state index contributed by atoms with van der Waals surface area (Å²) >= 11 is 1.50. The predicted molar refractivity (Wildman–Crippen MR) is 64.7 cm³/mol. The smallest absolute Gasteiger partial charge is 0.171 e. The maximum Gasteiger partial charge on any atom is 0.171 e. The van der Waals surface area contributed by atoms with E-state index in [-0.39, 0.29) is 5.78 Å². The van der Waals surface area contributed by atoms with Gasteiger partial charge < -0.3 is 10.6 Å². The molecule has 0 bridgehead atoms. The van der Waals surface area contributed by atoms with Crippen LogP contribution in [0.3, 0.4) is 0 Å². The van der Waals surface area contributed by atoms with Crippen molar-refractivity contribution in [1.82, 2.24) is 0 Å². The van der Waals surface area contributed by atoms with Crippen LogP contribution in [-0.4, -0.2) is 19.4 Å². The third-order valence-corrected chi connectivity index (χ3v) is 4.04. The van der Waals surface area contributed by atoms with E-state index in [0.717, 1.165) is 17.5 Å². The maximum atomic E-state index is 11.2. The monoisotopic (exact) mass is 224 g/mol. The third-order valence-electron chi connectivity index (χ3n) is 2.67. The highest BCUT2D eigenvalue weighted by Crippen LogP contribution is 2.35. The summed E-state index contributed by atoms with van der Waals surface area (Å²) in [5.74, 6) is 0.905. The fourth-order valence-corrected chi connectivity index (χ4v) is 2.58. The highest BCUT2D eigenvalue weighted by molar-refractivity contribution is 7.18. The summed E-state index contributed by atoms with van der Waals surface area (Å²) in [5.41, 5.74) is 6.41. The number of nitrogens with two attached hydrogens (primary N) is 1. The van der Waals surface area contributed by atoms with Crippen LogP contribution in [-0.2, 0) is 0 Å². The van der Waals surface area contributed by atoms with Crippen LogP contribution in [0, 0.1) is 5.92 Å². The molecule has 0 aliphatic heterocycles. The lowest BCUT2D eigenvalue weighted by Crippen LogP contribution is -2.18. The molecule has 1 saturated carbocycles. The molecule has 2 rings (SSSR count). The molecule has 0 saturated heterocycles. The van der Waals surface area contributed by atoms with Gasteiger partial charge in [0.1, 0.15) is 0 Å². The number of Topliss-reactive ketones (excluding diaryl/α,β-unsaturated/α-hetero) is 1. The first kappa shape index (κ1) is 10.5. The van der Waals surface area contributed by atoms with E-state index in [4.69, 9.17) is 5.73 Å². The van der Waals surface area contributed by atoms with E-state index < -0.39 is 0 Å². The van der Waals surface area contributed by atoms with Crippen LogP contribution in [0.5, 0.6) is 0 Å². The molecule has 15 heavy (non-hydrogen) atoms. The fraction of sp³-hybridized carbons (Fsp3) is 0.545. The minimum absolute atomic E-state index is 0.0589. The Morgan fingerprint density at radius 2 is 2.33 bits per heavy atom. The van der Waals surface area contributed by atoms with Gasteiger partial charge >= 0.3 is 0 Å². The number of hydrogen-bond donors (Lipinski definition) is 1. The van der Waals surface area contributed by atoms with Crippen LogP contribution in [0.4, 0.5) is 10.7 Å². The summed E-state index contributed by atoms with van der Waals surface area (Å²) in [6.07, 6.45) is 2.68. The van der Waals surface area contributed by atoms with E-state index in [0.29, 0.717) is 10.6 Å². The van der Waals surface area contributed by atoms with E-state index in [2.05, 4.69) is 11.9 Å². The molecule has 0 unspecified atom stereocenters. The van der Waals surface area contributed by atoms with Crippen LogP contribution in [0.25, 0.3) is 0 Å². The Labute approximate surface area is 93.9 Å². The lowest BCUT2D eigenvalue weighted by atomic mass is 10.3. The average molecular weight is 224 g/mol. The van der Waals surface area contributed by atoms with Crippen LogP contribution >= 0.6 is 11.3 Å². The first-order chi connectivity index (χ1) is 7.08. The molecule has 1 fully saturated rings. The lowest BCUT2D eigenvalue weighted by molar-refractivity contribution is 0.102. The van der Waals surface area contributed by atoms with Gasteiger partial charge in [0.25, 0.3) is 0 Å². The van der Waals surface area contributed by atoms with Gasteiger partial charge in [-0.25, -0.2) is 0 Å². The van der Waals surface area contributed by atoms with Gasteiger partial charge in [-0.1, -0.05) is 0 Å². The highest BCUT2D eigenvalue weighted by Gasteiger charge is 2.24. The average Bonchev–Trinajstić information content (AvgIpc) is 2.86. The lowest BCUT2D eigenvalue weighted by Gasteiger charge is -2.15. The molecular formula is C11H16N2OS.